The maximum atomic E-state index is 5.40. The molecular formula is C25H29N5O. The monoisotopic (exact) mass is 415 g/mol. The van der Waals surface area contributed by atoms with Crippen molar-refractivity contribution in [3.8, 4) is 5.75 Å². The molecule has 160 valence electrons. The van der Waals surface area contributed by atoms with Crippen LogP contribution in [0.1, 0.15) is 44.2 Å². The average molecular weight is 416 g/mol. The molecule has 1 aromatic heterocycles. The minimum absolute atomic E-state index is 0.713. The Morgan fingerprint density at radius 2 is 2.06 bits per heavy atom. The molecule has 0 radical (unpaired) electrons. The Bertz CT molecular complexity index is 1140. The van der Waals surface area contributed by atoms with Crippen molar-refractivity contribution in [1.82, 2.24) is 15.1 Å². The minimum atomic E-state index is 0.713. The van der Waals surface area contributed by atoms with Gasteiger partial charge in [-0.3, -0.25) is 5.10 Å². The first-order valence-electron chi connectivity index (χ1n) is 10.8. The summed E-state index contributed by atoms with van der Waals surface area (Å²) in [4.78, 5) is 12.2. The molecule has 1 N–H and O–H groups in total. The van der Waals surface area contributed by atoms with Crippen molar-refractivity contribution in [3.05, 3.63) is 65.9 Å². The molecule has 6 nitrogen and oxygen atoms in total. The highest BCUT2D eigenvalue weighted by Gasteiger charge is 2.22. The van der Waals surface area contributed by atoms with E-state index in [0.29, 0.717) is 5.84 Å². The van der Waals surface area contributed by atoms with Crippen LogP contribution in [0.15, 0.2) is 64.7 Å². The molecule has 0 aliphatic carbocycles. The summed E-state index contributed by atoms with van der Waals surface area (Å²) in [6.07, 6.45) is 8.92. The summed E-state index contributed by atoms with van der Waals surface area (Å²) in [5, 5.41) is 8.11. The molecule has 2 heterocycles. The number of H-pyrrole nitrogens is 1. The molecule has 0 saturated heterocycles. The van der Waals surface area contributed by atoms with Gasteiger partial charge in [0.2, 0.25) is 0 Å². The van der Waals surface area contributed by atoms with Crippen LogP contribution in [0.3, 0.4) is 0 Å². The van der Waals surface area contributed by atoms with Gasteiger partial charge in [-0.05, 0) is 60.9 Å². The summed E-state index contributed by atoms with van der Waals surface area (Å²) in [5.74, 6) is 2.70. The molecule has 0 unspecified atom stereocenters. The molecule has 6 heteroatoms. The van der Waals surface area contributed by atoms with Crippen LogP contribution < -0.4 is 4.74 Å². The van der Waals surface area contributed by atoms with Crippen molar-refractivity contribution in [1.29, 1.82) is 0 Å². The van der Waals surface area contributed by atoms with Gasteiger partial charge in [0.15, 0.2) is 5.84 Å². The Hall–Kier alpha value is -3.41. The zero-order valence-electron chi connectivity index (χ0n) is 18.4. The van der Waals surface area contributed by atoms with E-state index in [9.17, 15) is 0 Å². The van der Waals surface area contributed by atoms with Crippen LogP contribution in [0.4, 0.5) is 5.69 Å². The molecule has 0 amide bonds. The molecular weight excluding hydrogens is 386 g/mol. The summed E-state index contributed by atoms with van der Waals surface area (Å²) >= 11 is 0. The number of fused-ring (bicyclic) bond motifs is 2. The lowest BCUT2D eigenvalue weighted by Gasteiger charge is -2.20. The first-order chi connectivity index (χ1) is 15.2. The van der Waals surface area contributed by atoms with E-state index in [0.717, 1.165) is 60.5 Å². The number of aromatic amines is 1. The Balaban J connectivity index is 1.65. The standard InChI is InChI=1S/C25H29N5O/c1-4-6-8-25(30-16-18-9-11-22(31-3)14-20(18)17-30)28-24(7-5-2)27-21-10-12-23-19(13-21)15-26-29-23/h5,7,9-15H,4,6,8,16-17H2,1-3H3,(H,26,29)/b7-5-,27-24?,28-25?. The van der Waals surface area contributed by atoms with E-state index < -0.39 is 0 Å². The number of unbranched alkanes of at least 4 members (excludes halogenated alkanes) is 1. The molecule has 3 aromatic rings. The lowest BCUT2D eigenvalue weighted by molar-refractivity contribution is 0.413. The quantitative estimate of drug-likeness (QED) is 0.410. The van der Waals surface area contributed by atoms with Crippen molar-refractivity contribution in [3.63, 3.8) is 0 Å². The first kappa shape index (κ1) is 20.8. The maximum Gasteiger partial charge on any atom is 0.154 e. The number of ether oxygens (including phenoxy) is 1. The molecule has 0 fully saturated rings. The van der Waals surface area contributed by atoms with Crippen molar-refractivity contribution >= 4 is 28.3 Å². The average Bonchev–Trinajstić information content (AvgIpc) is 3.42. The number of aromatic nitrogens is 2. The highest BCUT2D eigenvalue weighted by molar-refractivity contribution is 6.04. The number of methoxy groups -OCH3 is 1. The van der Waals surface area contributed by atoms with Gasteiger partial charge in [0, 0.05) is 24.9 Å². The third-order valence-electron chi connectivity index (χ3n) is 5.48. The van der Waals surface area contributed by atoms with Crippen LogP contribution in [-0.2, 0) is 13.1 Å². The van der Waals surface area contributed by atoms with Crippen LogP contribution >= 0.6 is 0 Å². The van der Waals surface area contributed by atoms with Gasteiger partial charge in [-0.1, -0.05) is 25.5 Å². The Morgan fingerprint density at radius 1 is 1.19 bits per heavy atom. The second kappa shape index (κ2) is 9.60. The van der Waals surface area contributed by atoms with E-state index in [1.807, 2.05) is 49.5 Å². The van der Waals surface area contributed by atoms with Crippen LogP contribution in [0.25, 0.3) is 10.9 Å². The van der Waals surface area contributed by atoms with Gasteiger partial charge in [-0.25, -0.2) is 9.98 Å². The number of rotatable bonds is 6. The number of allylic oxidation sites excluding steroid dienone is 1. The normalized spacial score (nSPS) is 14.6. The van der Waals surface area contributed by atoms with Crippen LogP contribution in [0.2, 0.25) is 0 Å². The van der Waals surface area contributed by atoms with Gasteiger partial charge >= 0.3 is 0 Å². The smallest absolute Gasteiger partial charge is 0.154 e. The van der Waals surface area contributed by atoms with E-state index >= 15 is 0 Å². The SMILES string of the molecule is C/C=C\C(=Nc1ccc2[nH]ncc2c1)N=C(CCCC)N1Cc2ccc(OC)cc2C1. The Labute approximate surface area is 183 Å². The van der Waals surface area contributed by atoms with Crippen LogP contribution in [0, 0.1) is 0 Å². The first-order valence-corrected chi connectivity index (χ1v) is 10.8. The predicted molar refractivity (Wildman–Crippen MR) is 127 cm³/mol. The van der Waals surface area contributed by atoms with E-state index in [1.165, 1.54) is 11.1 Å². The Morgan fingerprint density at radius 3 is 2.87 bits per heavy atom. The number of nitrogens with zero attached hydrogens (tertiary/aromatic N) is 4. The number of hydrogen-bond acceptors (Lipinski definition) is 3. The van der Waals surface area contributed by atoms with Gasteiger partial charge in [0.1, 0.15) is 11.6 Å². The zero-order chi connectivity index (χ0) is 21.6. The van der Waals surface area contributed by atoms with Gasteiger partial charge in [0.25, 0.3) is 0 Å². The largest absolute Gasteiger partial charge is 0.497 e. The van der Waals surface area contributed by atoms with E-state index in [4.69, 9.17) is 14.7 Å². The lowest BCUT2D eigenvalue weighted by atomic mass is 10.1. The van der Waals surface area contributed by atoms with Crippen molar-refractivity contribution in [2.24, 2.45) is 9.98 Å². The summed E-state index contributed by atoms with van der Waals surface area (Å²) in [5.41, 5.74) is 4.51. The van der Waals surface area contributed by atoms with E-state index in [2.05, 4.69) is 34.2 Å². The van der Waals surface area contributed by atoms with Gasteiger partial charge in [-0.2, -0.15) is 5.10 Å². The molecule has 0 atom stereocenters. The fourth-order valence-corrected chi connectivity index (χ4v) is 3.81. The summed E-state index contributed by atoms with van der Waals surface area (Å²) in [6.45, 7) is 5.92. The van der Waals surface area contributed by atoms with E-state index in [-0.39, 0.29) is 0 Å². The van der Waals surface area contributed by atoms with Crippen molar-refractivity contribution in [2.45, 2.75) is 46.2 Å². The molecule has 1 aliphatic heterocycles. The van der Waals surface area contributed by atoms with Crippen molar-refractivity contribution in [2.75, 3.05) is 7.11 Å². The number of aliphatic imine (C=N–C) groups is 2. The predicted octanol–water partition coefficient (Wildman–Crippen LogP) is 5.78. The number of nitrogens with one attached hydrogen (secondary N) is 1. The lowest BCUT2D eigenvalue weighted by Crippen LogP contribution is -2.26. The number of amidine groups is 2. The topological polar surface area (TPSA) is 65.9 Å². The van der Waals surface area contributed by atoms with E-state index in [1.54, 1.807) is 7.11 Å². The van der Waals surface area contributed by atoms with Crippen LogP contribution in [0.5, 0.6) is 5.75 Å². The van der Waals surface area contributed by atoms with Crippen LogP contribution in [-0.4, -0.2) is 33.9 Å². The van der Waals surface area contributed by atoms with Crippen molar-refractivity contribution < 1.29 is 4.74 Å². The fraction of sp³-hybridized carbons (Fsp3) is 0.320. The molecule has 1 aliphatic rings. The van der Waals surface area contributed by atoms with Gasteiger partial charge < -0.3 is 9.64 Å². The summed E-state index contributed by atoms with van der Waals surface area (Å²) in [6, 6.07) is 12.3. The third-order valence-corrected chi connectivity index (χ3v) is 5.48. The molecule has 2 aromatic carbocycles. The fourth-order valence-electron chi connectivity index (χ4n) is 3.81. The number of benzene rings is 2. The third kappa shape index (κ3) is 4.85. The van der Waals surface area contributed by atoms with Gasteiger partial charge in [-0.15, -0.1) is 0 Å². The van der Waals surface area contributed by atoms with Gasteiger partial charge in [0.05, 0.1) is 24.5 Å². The molecule has 31 heavy (non-hydrogen) atoms. The summed E-state index contributed by atoms with van der Waals surface area (Å²) < 4.78 is 5.40. The maximum absolute atomic E-state index is 5.40. The zero-order valence-corrected chi connectivity index (χ0v) is 18.4. The molecule has 0 saturated carbocycles. The summed E-state index contributed by atoms with van der Waals surface area (Å²) in [7, 11) is 1.71. The number of hydrogen-bond donors (Lipinski definition) is 1. The second-order valence-electron chi connectivity index (χ2n) is 7.73. The highest BCUT2D eigenvalue weighted by atomic mass is 16.5. The minimum Gasteiger partial charge on any atom is -0.497 e. The Kier molecular flexibility index (Phi) is 6.46. The molecule has 0 spiro atoms. The second-order valence-corrected chi connectivity index (χ2v) is 7.73. The molecule has 4 rings (SSSR count). The molecule has 0 bridgehead atoms. The highest BCUT2D eigenvalue weighted by Crippen LogP contribution is 2.28.